The molecule has 4 rings (SSSR count). The van der Waals surface area contributed by atoms with E-state index in [-0.39, 0.29) is 32.0 Å². The Kier molecular flexibility index (Phi) is 7.65. The zero-order valence-corrected chi connectivity index (χ0v) is 20.2. The minimum Gasteiger partial charge on any atom is -0.480 e. The predicted octanol–water partition coefficient (Wildman–Crippen LogP) is 4.25. The molecule has 1 aliphatic rings. The predicted molar refractivity (Wildman–Crippen MR) is 135 cm³/mol. The van der Waals surface area contributed by atoms with Gasteiger partial charge in [-0.25, -0.2) is 4.79 Å². The number of esters is 1. The summed E-state index contributed by atoms with van der Waals surface area (Å²) in [6.07, 6.45) is -0.596. The van der Waals surface area contributed by atoms with E-state index in [9.17, 15) is 14.4 Å². The average Bonchev–Trinajstić information content (AvgIpc) is 3.18. The van der Waals surface area contributed by atoms with E-state index < -0.39 is 18.0 Å². The highest BCUT2D eigenvalue weighted by Gasteiger charge is 2.29. The third-order valence-electron chi connectivity index (χ3n) is 6.32. The number of hydrogen-bond acceptors (Lipinski definition) is 6. The standard InChI is InChI=1S/C28H28N2O6/c1-17-19(14-29-15-26(31)32)11-18(13-27(33)35-2)12-25(17)30-28(34)36-16-24-22-9-5-3-7-20(22)21-8-4-6-10-23(21)24/h3-12,24,29H,13-16H2,1-2H3,(H,30,34)(H,31,32). The molecule has 186 valence electrons. The van der Waals surface area contributed by atoms with Crippen molar-refractivity contribution >= 4 is 23.7 Å². The minimum absolute atomic E-state index is 0.0160. The van der Waals surface area contributed by atoms with Gasteiger partial charge >= 0.3 is 18.0 Å². The first-order valence-corrected chi connectivity index (χ1v) is 11.6. The molecule has 0 bridgehead atoms. The van der Waals surface area contributed by atoms with E-state index in [0.717, 1.165) is 33.4 Å². The van der Waals surface area contributed by atoms with Gasteiger partial charge in [-0.15, -0.1) is 0 Å². The Morgan fingerprint density at radius 1 is 0.972 bits per heavy atom. The van der Waals surface area contributed by atoms with Gasteiger partial charge in [0, 0.05) is 18.2 Å². The van der Waals surface area contributed by atoms with Gasteiger partial charge < -0.3 is 19.9 Å². The molecular formula is C28H28N2O6. The van der Waals surface area contributed by atoms with Crippen molar-refractivity contribution in [1.82, 2.24) is 5.32 Å². The average molecular weight is 489 g/mol. The van der Waals surface area contributed by atoms with Gasteiger partial charge in [0.1, 0.15) is 6.61 Å². The molecule has 3 aromatic rings. The zero-order valence-electron chi connectivity index (χ0n) is 20.2. The van der Waals surface area contributed by atoms with Gasteiger partial charge in [0.05, 0.1) is 20.1 Å². The largest absolute Gasteiger partial charge is 0.480 e. The van der Waals surface area contributed by atoms with Crippen LogP contribution in [-0.2, 0) is 32.0 Å². The molecule has 36 heavy (non-hydrogen) atoms. The molecule has 0 heterocycles. The van der Waals surface area contributed by atoms with E-state index in [1.165, 1.54) is 7.11 Å². The highest BCUT2D eigenvalue weighted by molar-refractivity contribution is 5.87. The van der Waals surface area contributed by atoms with Crippen LogP contribution < -0.4 is 10.6 Å². The van der Waals surface area contributed by atoms with Crippen molar-refractivity contribution in [3.8, 4) is 11.1 Å². The van der Waals surface area contributed by atoms with Crippen LogP contribution in [0.15, 0.2) is 60.7 Å². The normalized spacial score (nSPS) is 11.9. The van der Waals surface area contributed by atoms with E-state index in [4.69, 9.17) is 14.6 Å². The fraction of sp³-hybridized carbons (Fsp3) is 0.250. The quantitative estimate of drug-likeness (QED) is 0.386. The Labute approximate surface area is 209 Å². The van der Waals surface area contributed by atoms with Crippen LogP contribution in [-0.4, -0.2) is 43.4 Å². The van der Waals surface area contributed by atoms with Crippen LogP contribution >= 0.6 is 0 Å². The summed E-state index contributed by atoms with van der Waals surface area (Å²) in [6, 6.07) is 19.7. The fourth-order valence-corrected chi connectivity index (χ4v) is 4.54. The summed E-state index contributed by atoms with van der Waals surface area (Å²) in [7, 11) is 1.31. The maximum absolute atomic E-state index is 12.8. The van der Waals surface area contributed by atoms with E-state index in [1.807, 2.05) is 31.2 Å². The Bertz CT molecular complexity index is 1260. The van der Waals surface area contributed by atoms with Gasteiger partial charge in [-0.1, -0.05) is 54.6 Å². The van der Waals surface area contributed by atoms with Gasteiger partial charge in [-0.2, -0.15) is 0 Å². The molecule has 3 aromatic carbocycles. The number of carbonyl (C=O) groups is 3. The second-order valence-electron chi connectivity index (χ2n) is 8.63. The summed E-state index contributed by atoms with van der Waals surface area (Å²) in [4.78, 5) is 35.5. The summed E-state index contributed by atoms with van der Waals surface area (Å²) in [5.41, 5.74) is 7.15. The lowest BCUT2D eigenvalue weighted by atomic mass is 9.98. The highest BCUT2D eigenvalue weighted by atomic mass is 16.5. The van der Waals surface area contributed by atoms with Crippen molar-refractivity contribution in [2.75, 3.05) is 25.6 Å². The number of carboxylic acid groups (broad SMARTS) is 1. The number of amides is 1. The zero-order chi connectivity index (χ0) is 25.7. The summed E-state index contributed by atoms with van der Waals surface area (Å²) in [5, 5.41) is 14.5. The van der Waals surface area contributed by atoms with Crippen LogP contribution in [0.5, 0.6) is 0 Å². The molecule has 0 saturated carbocycles. The topological polar surface area (TPSA) is 114 Å². The number of methoxy groups -OCH3 is 1. The first-order chi connectivity index (χ1) is 17.4. The van der Waals surface area contributed by atoms with E-state index in [2.05, 4.69) is 34.9 Å². The Hall–Kier alpha value is -4.17. The molecule has 0 atom stereocenters. The molecule has 0 unspecified atom stereocenters. The molecular weight excluding hydrogens is 460 g/mol. The number of aliphatic carboxylic acids is 1. The molecule has 0 spiro atoms. The van der Waals surface area contributed by atoms with Crippen LogP contribution in [0.2, 0.25) is 0 Å². The molecule has 1 amide bonds. The van der Waals surface area contributed by atoms with Crippen molar-refractivity contribution in [1.29, 1.82) is 0 Å². The number of anilines is 1. The van der Waals surface area contributed by atoms with Crippen molar-refractivity contribution < 1.29 is 29.0 Å². The van der Waals surface area contributed by atoms with Crippen LogP contribution in [0, 0.1) is 6.92 Å². The summed E-state index contributed by atoms with van der Waals surface area (Å²) >= 11 is 0. The van der Waals surface area contributed by atoms with Crippen molar-refractivity contribution in [2.24, 2.45) is 0 Å². The van der Waals surface area contributed by atoms with Gasteiger partial charge in [0.15, 0.2) is 0 Å². The van der Waals surface area contributed by atoms with E-state index in [1.54, 1.807) is 12.1 Å². The molecule has 0 aliphatic heterocycles. The van der Waals surface area contributed by atoms with Crippen molar-refractivity contribution in [3.63, 3.8) is 0 Å². The third-order valence-corrected chi connectivity index (χ3v) is 6.32. The minimum atomic E-state index is -0.977. The molecule has 0 saturated heterocycles. The van der Waals surface area contributed by atoms with Gasteiger partial charge in [0.2, 0.25) is 0 Å². The lowest BCUT2D eigenvalue weighted by molar-refractivity contribution is -0.140. The number of benzene rings is 3. The van der Waals surface area contributed by atoms with Gasteiger partial charge in [0.25, 0.3) is 0 Å². The molecule has 0 radical (unpaired) electrons. The summed E-state index contributed by atoms with van der Waals surface area (Å²) in [6.45, 7) is 2.04. The number of nitrogens with one attached hydrogen (secondary N) is 2. The smallest absolute Gasteiger partial charge is 0.411 e. The number of fused-ring (bicyclic) bond motifs is 3. The van der Waals surface area contributed by atoms with E-state index in [0.29, 0.717) is 11.3 Å². The lowest BCUT2D eigenvalue weighted by Gasteiger charge is -2.17. The first-order valence-electron chi connectivity index (χ1n) is 11.6. The fourth-order valence-electron chi connectivity index (χ4n) is 4.54. The monoisotopic (exact) mass is 488 g/mol. The van der Waals surface area contributed by atoms with Crippen LogP contribution in [0.4, 0.5) is 10.5 Å². The van der Waals surface area contributed by atoms with Crippen LogP contribution in [0.3, 0.4) is 0 Å². The van der Waals surface area contributed by atoms with Crippen LogP contribution in [0.1, 0.15) is 33.7 Å². The Morgan fingerprint density at radius 3 is 2.22 bits per heavy atom. The molecule has 0 fully saturated rings. The number of carboxylic acids is 1. The number of rotatable bonds is 9. The SMILES string of the molecule is COC(=O)Cc1cc(CNCC(=O)O)c(C)c(NC(=O)OCC2c3ccccc3-c3ccccc32)c1. The molecule has 0 aromatic heterocycles. The molecule has 1 aliphatic carbocycles. The van der Waals surface area contributed by atoms with Gasteiger partial charge in [-0.3, -0.25) is 14.9 Å². The van der Waals surface area contributed by atoms with Crippen LogP contribution in [0.25, 0.3) is 11.1 Å². The first kappa shape index (κ1) is 24.9. The summed E-state index contributed by atoms with van der Waals surface area (Å²) < 4.78 is 10.4. The molecule has 8 heteroatoms. The van der Waals surface area contributed by atoms with Crippen molar-refractivity contribution in [2.45, 2.75) is 25.8 Å². The lowest BCUT2D eigenvalue weighted by Crippen LogP contribution is -2.23. The Balaban J connectivity index is 1.50. The molecule has 8 nitrogen and oxygen atoms in total. The van der Waals surface area contributed by atoms with Crippen molar-refractivity contribution in [3.05, 3.63) is 88.5 Å². The second kappa shape index (κ2) is 11.0. The number of ether oxygens (including phenoxy) is 2. The maximum Gasteiger partial charge on any atom is 0.411 e. The highest BCUT2D eigenvalue weighted by Crippen LogP contribution is 2.44. The number of carbonyl (C=O) groups excluding carboxylic acids is 2. The number of hydrogen-bond donors (Lipinski definition) is 3. The second-order valence-corrected chi connectivity index (χ2v) is 8.63. The molecule has 3 N–H and O–H groups in total. The third kappa shape index (κ3) is 5.55. The van der Waals surface area contributed by atoms with Gasteiger partial charge in [-0.05, 0) is 51.9 Å². The maximum atomic E-state index is 12.8. The summed E-state index contributed by atoms with van der Waals surface area (Å²) in [5.74, 6) is -1.46. The Morgan fingerprint density at radius 2 is 1.61 bits per heavy atom. The van der Waals surface area contributed by atoms with E-state index >= 15 is 0 Å².